The Morgan fingerprint density at radius 1 is 0.970 bits per heavy atom. The Bertz CT molecular complexity index is 956. The number of hydrogen-bond acceptors (Lipinski definition) is 4. The lowest BCUT2D eigenvalue weighted by molar-refractivity contribution is 0.0273. The van der Waals surface area contributed by atoms with Crippen molar-refractivity contribution in [3.05, 3.63) is 71.1 Å². The van der Waals surface area contributed by atoms with Crippen molar-refractivity contribution in [3.8, 4) is 0 Å². The van der Waals surface area contributed by atoms with E-state index in [4.69, 9.17) is 9.16 Å². The van der Waals surface area contributed by atoms with E-state index in [-0.39, 0.29) is 11.6 Å². The summed E-state index contributed by atoms with van der Waals surface area (Å²) in [7, 11) is -2.86. The van der Waals surface area contributed by atoms with E-state index in [0.717, 1.165) is 10.4 Å². The van der Waals surface area contributed by atoms with E-state index in [1.807, 2.05) is 57.2 Å². The van der Waals surface area contributed by atoms with E-state index in [1.54, 1.807) is 4.90 Å². The van der Waals surface area contributed by atoms with Crippen LogP contribution >= 0.6 is 0 Å². The largest absolute Gasteiger partial charge is 0.444 e. The highest BCUT2D eigenvalue weighted by molar-refractivity contribution is 6.99. The molecule has 1 fully saturated rings. The number of carbonyl (C=O) groups excluding carboxylic acids is 1. The first-order chi connectivity index (χ1) is 15.5. The summed E-state index contributed by atoms with van der Waals surface area (Å²) in [5, 5.41) is 6.07. The monoisotopic (exact) mass is 466 g/mol. The quantitative estimate of drug-likeness (QED) is 0.273. The molecule has 176 valence electrons. The molecule has 0 aliphatic carbocycles. The van der Waals surface area contributed by atoms with Crippen LogP contribution in [0.1, 0.15) is 41.5 Å². The van der Waals surface area contributed by atoms with Gasteiger partial charge in [0.1, 0.15) is 5.60 Å². The summed E-state index contributed by atoms with van der Waals surface area (Å²) in [5.41, 5.74) is 8.62. The predicted octanol–water partition coefficient (Wildman–Crippen LogP) is 4.86. The number of carbonyl (C=O) groups is 1. The van der Waals surface area contributed by atoms with Crippen molar-refractivity contribution >= 4 is 24.8 Å². The average Bonchev–Trinajstić information content (AvgIpc) is 3.14. The van der Waals surface area contributed by atoms with Gasteiger partial charge in [-0.25, -0.2) is 4.79 Å². The van der Waals surface area contributed by atoms with Gasteiger partial charge in [-0.3, -0.25) is 0 Å². The summed E-state index contributed by atoms with van der Waals surface area (Å²) < 4.78 is 12.7. The normalized spacial score (nSPS) is 19.2. The van der Waals surface area contributed by atoms with E-state index in [2.05, 4.69) is 55.1 Å². The molecule has 0 spiro atoms. The minimum Gasteiger partial charge on any atom is -0.444 e. The van der Waals surface area contributed by atoms with Gasteiger partial charge in [-0.2, -0.15) is 0 Å². The zero-order valence-electron chi connectivity index (χ0n) is 20.4. The highest BCUT2D eigenvalue weighted by atomic mass is 28.4. The van der Waals surface area contributed by atoms with Gasteiger partial charge in [0.05, 0.1) is 12.1 Å². The molecule has 0 aromatic heterocycles. The van der Waals surface area contributed by atoms with Crippen LogP contribution in [0, 0.1) is 0 Å². The fraction of sp³-hybridized carbons (Fsp3) is 0.480. The van der Waals surface area contributed by atoms with Crippen molar-refractivity contribution in [2.75, 3.05) is 13.1 Å². The number of azide groups is 1. The molecule has 0 saturated carbocycles. The lowest BCUT2D eigenvalue weighted by Crippen LogP contribution is -2.68. The van der Waals surface area contributed by atoms with Crippen molar-refractivity contribution in [2.45, 2.75) is 64.3 Å². The van der Waals surface area contributed by atoms with Crippen LogP contribution in [-0.4, -0.2) is 50.1 Å². The molecule has 33 heavy (non-hydrogen) atoms. The van der Waals surface area contributed by atoms with E-state index in [1.165, 1.54) is 0 Å². The zero-order valence-corrected chi connectivity index (χ0v) is 21.4. The maximum absolute atomic E-state index is 12.8. The summed E-state index contributed by atoms with van der Waals surface area (Å²) in [6.45, 7) is 12.7. The van der Waals surface area contributed by atoms with Crippen LogP contribution in [0.3, 0.4) is 0 Å². The minimum absolute atomic E-state index is 0.226. The first-order valence-corrected chi connectivity index (χ1v) is 13.2. The second kappa shape index (κ2) is 9.59. The lowest BCUT2D eigenvalue weighted by Gasteiger charge is -2.45. The van der Waals surface area contributed by atoms with Gasteiger partial charge < -0.3 is 14.1 Å². The molecule has 1 heterocycles. The lowest BCUT2D eigenvalue weighted by atomic mass is 10.2. The van der Waals surface area contributed by atoms with Crippen LogP contribution in [0.4, 0.5) is 4.79 Å². The maximum atomic E-state index is 12.8. The summed E-state index contributed by atoms with van der Waals surface area (Å²) in [5.74, 6) is 0. The van der Waals surface area contributed by atoms with Gasteiger partial charge in [-0.1, -0.05) is 86.5 Å². The number of benzene rings is 2. The Morgan fingerprint density at radius 2 is 1.48 bits per heavy atom. The number of likely N-dealkylation sites (tertiary alicyclic amines) is 1. The molecule has 1 aliphatic heterocycles. The number of nitrogens with zero attached hydrogens (tertiary/aromatic N) is 4. The average molecular weight is 467 g/mol. The molecule has 1 aliphatic rings. The van der Waals surface area contributed by atoms with Gasteiger partial charge >= 0.3 is 6.09 Å². The summed E-state index contributed by atoms with van der Waals surface area (Å²) >= 11 is 0. The molecular formula is C25H34N4O3Si. The van der Waals surface area contributed by atoms with Crippen molar-refractivity contribution in [1.82, 2.24) is 4.90 Å². The zero-order chi connectivity index (χ0) is 24.3. The fourth-order valence-electron chi connectivity index (χ4n) is 4.44. The standard InChI is InChI=1S/C25H34N4O3Si/c1-24(2,3)31-23(30)29-17-21(27-28-26)22(18-29)32-33(25(4,5)6,19-13-9-7-10-14-19)20-15-11-8-12-16-20/h7-16,21-22H,17-18H2,1-6H3/t21-,22-/m0/s1. The van der Waals surface area contributed by atoms with Gasteiger partial charge in [-0.05, 0) is 41.7 Å². The molecule has 2 aromatic carbocycles. The maximum Gasteiger partial charge on any atom is 0.410 e. The van der Waals surface area contributed by atoms with Crippen LogP contribution in [0.25, 0.3) is 10.4 Å². The number of rotatable bonds is 5. The molecule has 7 nitrogen and oxygen atoms in total. The van der Waals surface area contributed by atoms with Gasteiger partial charge in [-0.15, -0.1) is 0 Å². The molecule has 3 rings (SSSR count). The highest BCUT2D eigenvalue weighted by Crippen LogP contribution is 2.39. The second-order valence-electron chi connectivity index (χ2n) is 10.5. The molecule has 1 amide bonds. The van der Waals surface area contributed by atoms with Crippen molar-refractivity contribution < 1.29 is 14.0 Å². The molecule has 0 N–H and O–H groups in total. The van der Waals surface area contributed by atoms with Crippen molar-refractivity contribution in [2.24, 2.45) is 5.11 Å². The van der Waals surface area contributed by atoms with E-state index in [9.17, 15) is 10.3 Å². The minimum atomic E-state index is -2.86. The first kappa shape index (κ1) is 24.8. The second-order valence-corrected chi connectivity index (χ2v) is 14.7. The van der Waals surface area contributed by atoms with Crippen LogP contribution in [0.5, 0.6) is 0 Å². The molecule has 0 unspecified atom stereocenters. The third-order valence-electron chi connectivity index (χ3n) is 5.83. The first-order valence-electron chi connectivity index (χ1n) is 11.3. The number of amides is 1. The Labute approximate surface area is 197 Å². The molecule has 0 radical (unpaired) electrons. The SMILES string of the molecule is CC(C)(C)OC(=O)N1C[C@H](N=[N+]=[N-])[C@@H](O[Si](c2ccccc2)(c2ccccc2)C(C)(C)C)C1. The Kier molecular flexibility index (Phi) is 7.22. The molecule has 0 bridgehead atoms. The molecule has 2 aromatic rings. The summed E-state index contributed by atoms with van der Waals surface area (Å²) in [4.78, 5) is 17.4. The number of ether oxygens (including phenoxy) is 1. The van der Waals surface area contributed by atoms with Crippen LogP contribution in [0.15, 0.2) is 65.8 Å². The van der Waals surface area contributed by atoms with Gasteiger partial charge in [0.15, 0.2) is 0 Å². The molecule has 1 saturated heterocycles. The smallest absolute Gasteiger partial charge is 0.410 e. The van der Waals surface area contributed by atoms with Crippen LogP contribution in [0.2, 0.25) is 5.04 Å². The van der Waals surface area contributed by atoms with E-state index < -0.39 is 32.2 Å². The number of hydrogen-bond donors (Lipinski definition) is 0. The van der Waals surface area contributed by atoms with E-state index >= 15 is 0 Å². The third-order valence-corrected chi connectivity index (χ3v) is 10.9. The summed E-state index contributed by atoms with van der Waals surface area (Å²) in [6.07, 6.45) is -0.867. The predicted molar refractivity (Wildman–Crippen MR) is 133 cm³/mol. The van der Waals surface area contributed by atoms with Crippen LogP contribution < -0.4 is 10.4 Å². The van der Waals surface area contributed by atoms with Gasteiger partial charge in [0.25, 0.3) is 8.32 Å². The van der Waals surface area contributed by atoms with Gasteiger partial charge in [0, 0.05) is 18.0 Å². The molecule has 8 heteroatoms. The van der Waals surface area contributed by atoms with Crippen molar-refractivity contribution in [1.29, 1.82) is 0 Å². The Balaban J connectivity index is 2.06. The van der Waals surface area contributed by atoms with Crippen molar-refractivity contribution in [3.63, 3.8) is 0 Å². The third kappa shape index (κ3) is 5.41. The van der Waals surface area contributed by atoms with Crippen LogP contribution in [-0.2, 0) is 9.16 Å². The molecular weight excluding hydrogens is 432 g/mol. The van der Waals surface area contributed by atoms with E-state index in [0.29, 0.717) is 6.54 Å². The van der Waals surface area contributed by atoms with Gasteiger partial charge in [0.2, 0.25) is 0 Å². The topological polar surface area (TPSA) is 87.5 Å². The fourth-order valence-corrected chi connectivity index (χ4v) is 9.14. The Morgan fingerprint density at radius 3 is 1.91 bits per heavy atom. The summed E-state index contributed by atoms with van der Waals surface area (Å²) in [6, 6.07) is 20.1. The Hall–Kier alpha value is -2.80. The highest BCUT2D eigenvalue weighted by Gasteiger charge is 2.53. The molecule has 2 atom stereocenters.